The molecule has 1 aromatic rings. The summed E-state index contributed by atoms with van der Waals surface area (Å²) in [6, 6.07) is 1.92. The van der Waals surface area contributed by atoms with Crippen LogP contribution in [0.15, 0.2) is 18.2 Å². The average molecular weight is 367 g/mol. The predicted molar refractivity (Wildman–Crippen MR) is 79.1 cm³/mol. The van der Waals surface area contributed by atoms with Crippen molar-refractivity contribution < 1.29 is 22.0 Å². The first kappa shape index (κ1) is 21.4. The summed E-state index contributed by atoms with van der Waals surface area (Å²) in [5, 5.41) is 3.09. The number of nitrogens with zero attached hydrogens (tertiary/aromatic N) is 1. The van der Waals surface area contributed by atoms with Gasteiger partial charge in [-0.05, 0) is 17.7 Å². The van der Waals surface area contributed by atoms with Gasteiger partial charge in [0.05, 0.1) is 11.6 Å². The summed E-state index contributed by atoms with van der Waals surface area (Å²) in [4.78, 5) is 1.77. The maximum Gasteiger partial charge on any atom is 0.419 e. The molecule has 0 saturated carbocycles. The molecule has 1 saturated heterocycles. The normalized spacial score (nSPS) is 17.3. The molecular formula is C13H17Cl2F5N2. The van der Waals surface area contributed by atoms with Crippen LogP contribution in [0.4, 0.5) is 22.0 Å². The van der Waals surface area contributed by atoms with Gasteiger partial charge in [0.2, 0.25) is 0 Å². The van der Waals surface area contributed by atoms with Gasteiger partial charge >= 0.3 is 6.18 Å². The van der Waals surface area contributed by atoms with Gasteiger partial charge in [-0.25, -0.2) is 8.78 Å². The molecule has 0 unspecified atom stereocenters. The predicted octanol–water partition coefficient (Wildman–Crippen LogP) is 3.60. The van der Waals surface area contributed by atoms with E-state index in [0.29, 0.717) is 32.2 Å². The number of nitrogens with one attached hydrogen (secondary N) is 1. The van der Waals surface area contributed by atoms with Gasteiger partial charge in [0.1, 0.15) is 12.5 Å². The summed E-state index contributed by atoms with van der Waals surface area (Å²) in [5.41, 5.74) is -1.19. The molecule has 0 radical (unpaired) electrons. The molecule has 2 nitrogen and oxygen atoms in total. The van der Waals surface area contributed by atoms with Crippen molar-refractivity contribution in [3.63, 3.8) is 0 Å². The summed E-state index contributed by atoms with van der Waals surface area (Å²) in [6.45, 7) is 1.61. The number of halogens is 7. The molecular weight excluding hydrogens is 350 g/mol. The molecule has 0 aromatic heterocycles. The fourth-order valence-corrected chi connectivity index (χ4v) is 2.36. The van der Waals surface area contributed by atoms with E-state index in [1.54, 1.807) is 4.90 Å². The Kier molecular flexibility index (Phi) is 8.61. The summed E-state index contributed by atoms with van der Waals surface area (Å²) in [5.74, 6) is -1.33. The average Bonchev–Trinajstić information content (AvgIpc) is 2.41. The summed E-state index contributed by atoms with van der Waals surface area (Å²) >= 11 is 0. The van der Waals surface area contributed by atoms with E-state index in [9.17, 15) is 22.0 Å². The molecule has 1 N–H and O–H groups in total. The molecule has 1 atom stereocenters. The van der Waals surface area contributed by atoms with Gasteiger partial charge in [-0.1, -0.05) is 6.07 Å². The number of hydrogen-bond donors (Lipinski definition) is 1. The minimum absolute atomic E-state index is 0. The zero-order valence-electron chi connectivity index (χ0n) is 11.5. The van der Waals surface area contributed by atoms with E-state index < -0.39 is 30.3 Å². The van der Waals surface area contributed by atoms with E-state index in [1.165, 1.54) is 6.07 Å². The first-order chi connectivity index (χ1) is 9.43. The Labute approximate surface area is 137 Å². The van der Waals surface area contributed by atoms with Crippen molar-refractivity contribution in [2.75, 3.05) is 32.9 Å². The maximum atomic E-state index is 13.2. The molecule has 128 valence electrons. The fraction of sp³-hybridized carbons (Fsp3) is 0.538. The van der Waals surface area contributed by atoms with Crippen LogP contribution in [0, 0.1) is 5.82 Å². The highest BCUT2D eigenvalue weighted by atomic mass is 35.5. The summed E-state index contributed by atoms with van der Waals surface area (Å²) in [6.07, 6.45) is -4.77. The second-order valence-electron chi connectivity index (χ2n) is 4.69. The molecule has 0 aliphatic carbocycles. The van der Waals surface area contributed by atoms with Crippen molar-refractivity contribution in [1.82, 2.24) is 10.2 Å². The van der Waals surface area contributed by atoms with Crippen LogP contribution in [-0.4, -0.2) is 37.8 Å². The number of rotatable bonds is 3. The van der Waals surface area contributed by atoms with Gasteiger partial charge in [0.25, 0.3) is 0 Å². The first-order valence-corrected chi connectivity index (χ1v) is 6.31. The zero-order chi connectivity index (χ0) is 14.8. The van der Waals surface area contributed by atoms with E-state index in [-0.39, 0.29) is 30.4 Å². The third kappa shape index (κ3) is 4.94. The standard InChI is InChI=1S/C13H15F5N2.2ClH/c14-8-12(20-5-3-19-4-6-20)9-1-2-11(15)10(7-9)13(16,17)18;;/h1-2,7,12,19H,3-6,8H2;2*1H/t12-;;/m0../s1. The van der Waals surface area contributed by atoms with E-state index in [0.717, 1.165) is 6.07 Å². The van der Waals surface area contributed by atoms with E-state index in [4.69, 9.17) is 0 Å². The van der Waals surface area contributed by atoms with Crippen molar-refractivity contribution in [2.24, 2.45) is 0 Å². The second-order valence-corrected chi connectivity index (χ2v) is 4.69. The Bertz CT molecular complexity index is 464. The zero-order valence-corrected chi connectivity index (χ0v) is 13.1. The van der Waals surface area contributed by atoms with Crippen LogP contribution in [0.5, 0.6) is 0 Å². The van der Waals surface area contributed by atoms with Crippen LogP contribution < -0.4 is 5.32 Å². The largest absolute Gasteiger partial charge is 0.419 e. The Morgan fingerprint density at radius 2 is 1.73 bits per heavy atom. The lowest BCUT2D eigenvalue weighted by Gasteiger charge is -2.33. The van der Waals surface area contributed by atoms with Crippen molar-refractivity contribution in [2.45, 2.75) is 12.2 Å². The van der Waals surface area contributed by atoms with Crippen molar-refractivity contribution in [3.05, 3.63) is 35.1 Å². The van der Waals surface area contributed by atoms with Crippen molar-refractivity contribution >= 4 is 24.8 Å². The molecule has 1 fully saturated rings. The molecule has 2 rings (SSSR count). The van der Waals surface area contributed by atoms with Crippen LogP contribution in [0.1, 0.15) is 17.2 Å². The van der Waals surface area contributed by atoms with Gasteiger partial charge < -0.3 is 5.32 Å². The number of benzene rings is 1. The SMILES string of the molecule is Cl.Cl.FC[C@@H](c1ccc(F)c(C(F)(F)F)c1)N1CCNCC1. The van der Waals surface area contributed by atoms with Crippen molar-refractivity contribution in [3.8, 4) is 0 Å². The van der Waals surface area contributed by atoms with Crippen LogP contribution in [0.3, 0.4) is 0 Å². The van der Waals surface area contributed by atoms with Gasteiger partial charge in [-0.15, -0.1) is 24.8 Å². The topological polar surface area (TPSA) is 15.3 Å². The number of piperazine rings is 1. The highest BCUT2D eigenvalue weighted by Gasteiger charge is 2.35. The molecule has 1 aliphatic rings. The molecule has 9 heteroatoms. The second kappa shape index (κ2) is 8.86. The molecule has 1 aliphatic heterocycles. The first-order valence-electron chi connectivity index (χ1n) is 6.31. The molecule has 1 heterocycles. The van der Waals surface area contributed by atoms with Gasteiger partial charge in [0.15, 0.2) is 0 Å². The van der Waals surface area contributed by atoms with E-state index in [1.807, 2.05) is 0 Å². The molecule has 1 aromatic carbocycles. The minimum Gasteiger partial charge on any atom is -0.314 e. The van der Waals surface area contributed by atoms with Crippen molar-refractivity contribution in [1.29, 1.82) is 0 Å². The van der Waals surface area contributed by atoms with Crippen LogP contribution in [-0.2, 0) is 6.18 Å². The quantitative estimate of drug-likeness (QED) is 0.822. The lowest BCUT2D eigenvalue weighted by atomic mass is 10.0. The fourth-order valence-electron chi connectivity index (χ4n) is 2.36. The Morgan fingerprint density at radius 3 is 2.23 bits per heavy atom. The lowest BCUT2D eigenvalue weighted by Crippen LogP contribution is -2.45. The van der Waals surface area contributed by atoms with Crippen LogP contribution >= 0.6 is 24.8 Å². The minimum atomic E-state index is -4.77. The highest BCUT2D eigenvalue weighted by Crippen LogP contribution is 2.34. The highest BCUT2D eigenvalue weighted by molar-refractivity contribution is 5.85. The van der Waals surface area contributed by atoms with Gasteiger partial charge in [-0.2, -0.15) is 13.2 Å². The molecule has 22 heavy (non-hydrogen) atoms. The summed E-state index contributed by atoms with van der Waals surface area (Å²) < 4.78 is 64.5. The third-order valence-corrected chi connectivity index (χ3v) is 3.42. The lowest BCUT2D eigenvalue weighted by molar-refractivity contribution is -0.140. The van der Waals surface area contributed by atoms with E-state index in [2.05, 4.69) is 5.32 Å². The molecule has 0 bridgehead atoms. The number of alkyl halides is 4. The number of hydrogen-bond acceptors (Lipinski definition) is 2. The Balaban J connectivity index is 0.00000220. The Morgan fingerprint density at radius 1 is 1.14 bits per heavy atom. The van der Waals surface area contributed by atoms with Crippen LogP contribution in [0.2, 0.25) is 0 Å². The maximum absolute atomic E-state index is 13.2. The molecule has 0 amide bonds. The summed E-state index contributed by atoms with van der Waals surface area (Å²) in [7, 11) is 0. The van der Waals surface area contributed by atoms with Gasteiger partial charge in [-0.3, -0.25) is 4.90 Å². The van der Waals surface area contributed by atoms with Crippen LogP contribution in [0.25, 0.3) is 0 Å². The monoisotopic (exact) mass is 366 g/mol. The smallest absolute Gasteiger partial charge is 0.314 e. The van der Waals surface area contributed by atoms with Gasteiger partial charge in [0, 0.05) is 26.2 Å². The van der Waals surface area contributed by atoms with E-state index >= 15 is 0 Å². The Hall–Kier alpha value is -0.630. The molecule has 0 spiro atoms. The third-order valence-electron chi connectivity index (χ3n) is 3.42.